The van der Waals surface area contributed by atoms with Crippen LogP contribution in [0.4, 0.5) is 0 Å². The molecule has 0 atom stereocenters. The maximum Gasteiger partial charge on any atom is 1.00 e. The minimum absolute atomic E-state index is 0. The summed E-state index contributed by atoms with van der Waals surface area (Å²) in [6.45, 7) is 45.8. The van der Waals surface area contributed by atoms with Crippen LogP contribution in [0.3, 0.4) is 0 Å². The minimum atomic E-state index is -1.32. The Morgan fingerprint density at radius 2 is 0.619 bits per heavy atom. The first-order valence-electron chi connectivity index (χ1n) is 29.0. The van der Waals surface area contributed by atoms with Crippen molar-refractivity contribution in [1.82, 2.24) is 0 Å². The van der Waals surface area contributed by atoms with E-state index in [1.807, 2.05) is 195 Å². The molecule has 97 heavy (non-hydrogen) atoms. The Bertz CT molecular complexity index is 3640. The smallest absolute Gasteiger partial charge is 0.870 e. The molecule has 0 bridgehead atoms. The molecule has 11 aliphatic heterocycles. The predicted octanol–water partition coefficient (Wildman–Crippen LogP) is 29.1. The van der Waals surface area contributed by atoms with Crippen LogP contribution in [0.2, 0.25) is 58.4 Å². The van der Waals surface area contributed by atoms with E-state index in [4.69, 9.17) is 24.0 Å². The monoisotopic (exact) mass is 2180 g/mol. The zero-order valence-corrected chi connectivity index (χ0v) is 89.1. The maximum absolute atomic E-state index is 5.44. The van der Waals surface area contributed by atoms with Crippen molar-refractivity contribution in [3.05, 3.63) is 133 Å². The van der Waals surface area contributed by atoms with Gasteiger partial charge >= 0.3 is 51.4 Å². The molecule has 11 rings (SSSR count). The first kappa shape index (κ1) is 96.8. The Morgan fingerprint density at radius 3 is 0.845 bits per heavy atom. The van der Waals surface area contributed by atoms with Crippen molar-refractivity contribution in [2.45, 2.75) is 154 Å². The summed E-state index contributed by atoms with van der Waals surface area (Å²) in [5.41, 5.74) is 6.24. The van der Waals surface area contributed by atoms with Crippen LogP contribution in [0.25, 0.3) is 0 Å². The summed E-state index contributed by atoms with van der Waals surface area (Å²) >= 11 is 46.8. The zero-order valence-electron chi connectivity index (χ0n) is 57.9. The molecule has 30 heteroatoms. The number of hydrogen-bond acceptors (Lipinski definition) is 22. The van der Waals surface area contributed by atoms with Crippen LogP contribution in [-0.2, 0) is 4.74 Å². The fourth-order valence-corrected chi connectivity index (χ4v) is 38.2. The molecule has 0 aromatic rings. The first-order chi connectivity index (χ1) is 44.6. The van der Waals surface area contributed by atoms with Crippen molar-refractivity contribution in [2.24, 2.45) is 0 Å². The van der Waals surface area contributed by atoms with E-state index >= 15 is 0 Å². The normalized spacial score (nSPS) is 22.8. The van der Waals surface area contributed by atoms with Crippen molar-refractivity contribution in [2.75, 3.05) is 13.2 Å². The second-order valence-corrected chi connectivity index (χ2v) is 67.8. The van der Waals surface area contributed by atoms with Gasteiger partial charge in [0.1, 0.15) is 16.1 Å². The number of ether oxygens (including phenoxy) is 1. The van der Waals surface area contributed by atoms with Crippen LogP contribution < -0.4 is 51.4 Å². The van der Waals surface area contributed by atoms with Crippen molar-refractivity contribution >= 4 is 351 Å². The van der Waals surface area contributed by atoms with Crippen molar-refractivity contribution in [3.8, 4) is 71.8 Å². The third kappa shape index (κ3) is 33.8. The van der Waals surface area contributed by atoms with Gasteiger partial charge in [0.25, 0.3) is 0 Å². The van der Waals surface area contributed by atoms with E-state index in [1.165, 1.54) is 136 Å². The third-order valence-electron chi connectivity index (χ3n) is 11.5. The number of rotatable bonds is 1. The summed E-state index contributed by atoms with van der Waals surface area (Å²) in [7, 11) is -3.00. The molecule has 2 nitrogen and oxygen atoms in total. The van der Waals surface area contributed by atoms with Gasteiger partial charge in [-0.3, -0.25) is 0 Å². The molecule has 0 amide bonds. The Balaban J connectivity index is 0.000000305. The second kappa shape index (κ2) is 48.5. The standard InChI is InChI=1S/C18H24S4Si2.C12H12S4.C12H8S4.2C8H6I2S4.C5H10Si.C4H8O.K.H2O/c1-13-15(9-8-11-23(3)4)21-17(19-13)18-20-14(2)16(22-18)10-12-24(5,6)7;1-5-6-10-9(4)15-12(16-10)11-13-7(2)8(3)14-11;1-5-9-7(3)13-11(15-9)12-14-8(4)10(6-2)16-12;2*1-3-5(9)13-7(11-3)8-12-4(2)6(10)14-8;1-5-6(2,3)4;1-2-4-5-3-1;;/h23H,11H2,1-7H3;1-4H3;1-2H,3-4H3;2*1-2H3;1H,2-4H3;1-4H2;;1H2/q;;;;;;;+1;/p-1/b18-17+;;12-11+;2*8-7+;;;;. The summed E-state index contributed by atoms with van der Waals surface area (Å²) in [5.74, 6) is 21.8. The van der Waals surface area contributed by atoms with Gasteiger partial charge in [-0.15, -0.1) is 42.2 Å². The molecule has 0 aromatic carbocycles. The van der Waals surface area contributed by atoms with Crippen LogP contribution >= 0.6 is 326 Å². The molecule has 1 fully saturated rings. The van der Waals surface area contributed by atoms with E-state index in [1.54, 1.807) is 47.0 Å². The van der Waals surface area contributed by atoms with Gasteiger partial charge in [-0.05, 0) is 196 Å². The summed E-state index contributed by atoms with van der Waals surface area (Å²) in [6.07, 6.45) is 18.6. The number of terminal acetylenes is 3. The van der Waals surface area contributed by atoms with Gasteiger partial charge in [0.15, 0.2) is 0 Å². The minimum Gasteiger partial charge on any atom is -0.870 e. The molecule has 0 aliphatic carbocycles. The molecule has 1 N–H and O–H groups in total. The molecule has 0 aromatic heterocycles. The second-order valence-electron chi connectivity index (χ2n) is 22.6. The largest absolute Gasteiger partial charge is 1.00 e. The van der Waals surface area contributed by atoms with Crippen molar-refractivity contribution < 1.29 is 61.6 Å². The van der Waals surface area contributed by atoms with Gasteiger partial charge in [0.05, 0.1) is 78.5 Å². The van der Waals surface area contributed by atoms with E-state index in [9.17, 15) is 0 Å². The topological polar surface area (TPSA) is 39.2 Å². The van der Waals surface area contributed by atoms with E-state index < -0.39 is 24.9 Å². The number of thioether (sulfide) groups is 20. The molecule has 0 spiro atoms. The molecule has 11 aliphatic rings. The average Bonchev–Trinajstić information content (AvgIpc) is 1.71. The molecular formula is C67H75I4KO2S20Si3. The van der Waals surface area contributed by atoms with E-state index in [-0.39, 0.29) is 56.9 Å². The van der Waals surface area contributed by atoms with Crippen LogP contribution in [-0.4, -0.2) is 43.6 Å². The van der Waals surface area contributed by atoms with Crippen LogP contribution in [0.1, 0.15) is 95.9 Å². The quantitative estimate of drug-likeness (QED) is 0.142. The van der Waals surface area contributed by atoms with Crippen LogP contribution in [0.15, 0.2) is 133 Å². The summed E-state index contributed by atoms with van der Waals surface area (Å²) in [5, 5.41) is 0. The van der Waals surface area contributed by atoms with E-state index in [2.05, 4.69) is 271 Å². The molecule has 0 radical (unpaired) electrons. The van der Waals surface area contributed by atoms with Crippen LogP contribution in [0.5, 0.6) is 0 Å². The van der Waals surface area contributed by atoms with Crippen LogP contribution in [0, 0.1) is 71.8 Å². The summed E-state index contributed by atoms with van der Waals surface area (Å²) in [4.78, 5) is 20.9. The van der Waals surface area contributed by atoms with E-state index in [0.717, 1.165) is 29.1 Å². The SMILES string of the molecule is C#CC1=C(C)S/C(=C2/SC(C)=C(C#C)S2)S1.C#C[Si](C)(C)C.C1CCOC1.CC#CC1=C(C)SC(=C2SC(C)=C(C)S2)S1.CC1=C(C#CC[SiH](C)C)S/C(=C2\SC(C)=C(C#C[Si](C)(C)C)S2)S1.CC1=C(I)S/C(=C2\SC(C)=C(I)S2)S1.CC1=C(I)S/C(=C2\SC(C)=C(I)S2)S1.[K+].[OH-]. The van der Waals surface area contributed by atoms with Gasteiger partial charge in [0, 0.05) is 72.2 Å². The molecule has 0 unspecified atom stereocenters. The molecule has 1 saturated heterocycles. The summed E-state index contributed by atoms with van der Waals surface area (Å²) < 4.78 is 24.7. The maximum atomic E-state index is 5.44. The Hall–Kier alpha value is 5.59. The first-order valence-corrected chi connectivity index (χ1v) is 59.8. The van der Waals surface area contributed by atoms with E-state index in [0.29, 0.717) is 0 Å². The Morgan fingerprint density at radius 1 is 0.371 bits per heavy atom. The number of allylic oxidation sites excluding steroid dienone is 16. The summed E-state index contributed by atoms with van der Waals surface area (Å²) in [6, 6.07) is 1.11. The van der Waals surface area contributed by atoms with Gasteiger partial charge < -0.3 is 10.2 Å². The van der Waals surface area contributed by atoms with Gasteiger partial charge in [-0.1, -0.05) is 317 Å². The number of halogens is 4. The van der Waals surface area contributed by atoms with Crippen molar-refractivity contribution in [3.63, 3.8) is 0 Å². The van der Waals surface area contributed by atoms with Gasteiger partial charge in [-0.25, -0.2) is 0 Å². The van der Waals surface area contributed by atoms with Gasteiger partial charge in [0.2, 0.25) is 0 Å². The predicted molar refractivity (Wildman–Crippen MR) is 524 cm³/mol. The fourth-order valence-electron chi connectivity index (χ4n) is 6.35. The average molecular weight is 2180 g/mol. The fraction of sp³-hybridized carbons (Fsp3) is 0.373. The molecule has 11 heterocycles. The Kier molecular flexibility index (Phi) is 48.4. The van der Waals surface area contributed by atoms with Gasteiger partial charge in [-0.2, -0.15) is 0 Å². The molecule has 516 valence electrons. The molecule has 0 saturated carbocycles. The van der Waals surface area contributed by atoms with Crippen molar-refractivity contribution in [1.29, 1.82) is 0 Å². The number of hydrogen-bond donors (Lipinski definition) is 0. The third-order valence-corrected chi connectivity index (χ3v) is 49.1. The molecular weight excluding hydrogens is 2110 g/mol. The Labute approximate surface area is 769 Å². The zero-order chi connectivity index (χ0) is 70.6.